The molecule has 2 aromatic carbocycles. The van der Waals surface area contributed by atoms with E-state index < -0.39 is 28.5 Å². The minimum absolute atomic E-state index is 0.0873. The number of amides is 1. The van der Waals surface area contributed by atoms with Gasteiger partial charge in [0.2, 0.25) is 10.0 Å². The van der Waals surface area contributed by atoms with E-state index in [4.69, 9.17) is 4.74 Å². The van der Waals surface area contributed by atoms with Crippen LogP contribution in [0.15, 0.2) is 53.9 Å². The van der Waals surface area contributed by atoms with E-state index in [1.165, 1.54) is 47.7 Å². The van der Waals surface area contributed by atoms with Crippen molar-refractivity contribution in [3.63, 3.8) is 0 Å². The molecule has 3 aromatic rings. The summed E-state index contributed by atoms with van der Waals surface area (Å²) in [5, 5.41) is 4.52. The number of carbonyl (C=O) groups excluding carboxylic acids is 2. The Morgan fingerprint density at radius 2 is 1.90 bits per heavy atom. The summed E-state index contributed by atoms with van der Waals surface area (Å²) in [6, 6.07) is 11.5. The third kappa shape index (κ3) is 6.09. The van der Waals surface area contributed by atoms with E-state index in [1.807, 2.05) is 0 Å². The van der Waals surface area contributed by atoms with Crippen molar-refractivity contribution in [3.8, 4) is 11.3 Å². The summed E-state index contributed by atoms with van der Waals surface area (Å²) in [5.74, 6) is -1.73. The minimum atomic E-state index is -3.49. The number of anilines is 2. The topological polar surface area (TPSA) is 114 Å². The van der Waals surface area contributed by atoms with Crippen LogP contribution in [0.25, 0.3) is 11.3 Å². The van der Waals surface area contributed by atoms with Gasteiger partial charge in [-0.2, -0.15) is 0 Å². The molecule has 1 amide bonds. The molecule has 0 saturated carbocycles. The maximum Gasteiger partial charge on any atom is 0.338 e. The van der Waals surface area contributed by atoms with Crippen LogP contribution in [0.5, 0.6) is 0 Å². The molecule has 0 atom stereocenters. The summed E-state index contributed by atoms with van der Waals surface area (Å²) in [4.78, 5) is 28.4. The van der Waals surface area contributed by atoms with Gasteiger partial charge in [0.15, 0.2) is 11.7 Å². The van der Waals surface area contributed by atoms with Gasteiger partial charge in [-0.05, 0) is 42.5 Å². The molecule has 0 bridgehead atoms. The summed E-state index contributed by atoms with van der Waals surface area (Å²) in [6.45, 7) is -0.548. The van der Waals surface area contributed by atoms with Crippen LogP contribution in [0.1, 0.15) is 10.4 Å². The van der Waals surface area contributed by atoms with Crippen LogP contribution in [0.4, 0.5) is 15.2 Å². The lowest BCUT2D eigenvalue weighted by Gasteiger charge is -2.07. The first-order valence-electron chi connectivity index (χ1n) is 8.46. The number of benzene rings is 2. The number of nitrogens with one attached hydrogen (secondary N) is 2. The number of halogens is 1. The number of aromatic nitrogens is 1. The highest BCUT2D eigenvalue weighted by molar-refractivity contribution is 7.92. The predicted octanol–water partition coefficient (Wildman–Crippen LogP) is 3.12. The first-order chi connectivity index (χ1) is 14.2. The molecule has 3 rings (SSSR count). The first-order valence-corrected chi connectivity index (χ1v) is 11.2. The molecule has 0 unspecified atom stereocenters. The fraction of sp³-hybridized carbons (Fsp3) is 0.105. The third-order valence-corrected chi connectivity index (χ3v) is 4.99. The Hall–Kier alpha value is -3.31. The van der Waals surface area contributed by atoms with E-state index in [1.54, 1.807) is 17.5 Å². The van der Waals surface area contributed by atoms with Crippen LogP contribution in [0, 0.1) is 5.82 Å². The number of thiazole rings is 1. The lowest BCUT2D eigenvalue weighted by Crippen LogP contribution is -2.21. The van der Waals surface area contributed by atoms with Crippen molar-refractivity contribution in [1.82, 2.24) is 4.98 Å². The Kier molecular flexibility index (Phi) is 6.43. The SMILES string of the molecule is CS(=O)(=O)Nc1cccc(C(=O)OCC(=O)Nc2nc(-c3ccc(F)cc3)cs2)c1. The highest BCUT2D eigenvalue weighted by Gasteiger charge is 2.13. The van der Waals surface area contributed by atoms with Crippen LogP contribution in [-0.4, -0.2) is 38.1 Å². The molecule has 0 saturated heterocycles. The molecule has 1 heterocycles. The molecule has 0 aliphatic rings. The molecular weight excluding hydrogens is 433 g/mol. The van der Waals surface area contributed by atoms with E-state index in [2.05, 4.69) is 15.0 Å². The van der Waals surface area contributed by atoms with Gasteiger partial charge in [0.05, 0.1) is 17.5 Å². The van der Waals surface area contributed by atoms with E-state index in [0.717, 1.165) is 6.26 Å². The minimum Gasteiger partial charge on any atom is -0.452 e. The average molecular weight is 449 g/mol. The van der Waals surface area contributed by atoms with Gasteiger partial charge in [-0.15, -0.1) is 11.3 Å². The number of rotatable bonds is 7. The Balaban J connectivity index is 1.55. The molecule has 8 nitrogen and oxygen atoms in total. The Morgan fingerprint density at radius 3 is 2.60 bits per heavy atom. The Morgan fingerprint density at radius 1 is 1.17 bits per heavy atom. The van der Waals surface area contributed by atoms with Crippen molar-refractivity contribution in [3.05, 3.63) is 65.3 Å². The van der Waals surface area contributed by atoms with Gasteiger partial charge in [0.25, 0.3) is 5.91 Å². The Labute approximate surface area is 175 Å². The number of hydrogen-bond acceptors (Lipinski definition) is 7. The molecule has 2 N–H and O–H groups in total. The molecule has 0 aliphatic carbocycles. The van der Waals surface area contributed by atoms with Gasteiger partial charge in [0.1, 0.15) is 5.82 Å². The second-order valence-corrected chi connectivity index (χ2v) is 8.73. The zero-order valence-corrected chi connectivity index (χ0v) is 17.2. The smallest absolute Gasteiger partial charge is 0.338 e. The van der Waals surface area contributed by atoms with E-state index in [9.17, 15) is 22.4 Å². The van der Waals surface area contributed by atoms with Crippen molar-refractivity contribution in [2.45, 2.75) is 0 Å². The van der Waals surface area contributed by atoms with Crippen molar-refractivity contribution in [2.24, 2.45) is 0 Å². The van der Waals surface area contributed by atoms with Gasteiger partial charge < -0.3 is 4.74 Å². The lowest BCUT2D eigenvalue weighted by molar-refractivity contribution is -0.119. The second-order valence-electron chi connectivity index (χ2n) is 6.12. The maximum absolute atomic E-state index is 13.0. The van der Waals surface area contributed by atoms with Gasteiger partial charge >= 0.3 is 5.97 Å². The van der Waals surface area contributed by atoms with Crippen LogP contribution >= 0.6 is 11.3 Å². The molecule has 0 radical (unpaired) electrons. The van der Waals surface area contributed by atoms with Crippen LogP contribution < -0.4 is 10.0 Å². The molecule has 0 spiro atoms. The monoisotopic (exact) mass is 449 g/mol. The summed E-state index contributed by atoms with van der Waals surface area (Å²) in [5.41, 5.74) is 1.56. The van der Waals surface area contributed by atoms with Crippen LogP contribution in [0.2, 0.25) is 0 Å². The molecule has 156 valence electrons. The van der Waals surface area contributed by atoms with E-state index in [0.29, 0.717) is 16.4 Å². The number of nitrogens with zero attached hydrogens (tertiary/aromatic N) is 1. The fourth-order valence-corrected chi connectivity index (χ4v) is 3.67. The number of carbonyl (C=O) groups is 2. The number of hydrogen-bond donors (Lipinski definition) is 2. The standard InChI is InChI=1S/C19H16FN3O5S2/c1-30(26,27)23-15-4-2-3-13(9-15)18(25)28-10-17(24)22-19-21-16(11-29-19)12-5-7-14(20)8-6-12/h2-9,11,23H,10H2,1H3,(H,21,22,24). The van der Waals surface area contributed by atoms with Crippen molar-refractivity contribution in [1.29, 1.82) is 0 Å². The van der Waals surface area contributed by atoms with E-state index in [-0.39, 0.29) is 17.1 Å². The maximum atomic E-state index is 13.0. The molecule has 30 heavy (non-hydrogen) atoms. The second kappa shape index (κ2) is 9.01. The number of ether oxygens (including phenoxy) is 1. The third-order valence-electron chi connectivity index (χ3n) is 3.63. The highest BCUT2D eigenvalue weighted by atomic mass is 32.2. The fourth-order valence-electron chi connectivity index (χ4n) is 2.38. The predicted molar refractivity (Wildman–Crippen MR) is 111 cm³/mol. The van der Waals surface area contributed by atoms with E-state index >= 15 is 0 Å². The number of esters is 1. The Bertz CT molecular complexity index is 1180. The zero-order valence-electron chi connectivity index (χ0n) is 15.6. The van der Waals surface area contributed by atoms with Gasteiger partial charge in [0, 0.05) is 16.6 Å². The van der Waals surface area contributed by atoms with Gasteiger partial charge in [-0.1, -0.05) is 6.07 Å². The summed E-state index contributed by atoms with van der Waals surface area (Å²) < 4.78 is 42.8. The molecule has 1 aromatic heterocycles. The summed E-state index contributed by atoms with van der Waals surface area (Å²) >= 11 is 1.17. The largest absolute Gasteiger partial charge is 0.452 e. The zero-order chi connectivity index (χ0) is 21.7. The van der Waals surface area contributed by atoms with Crippen molar-refractivity contribution in [2.75, 3.05) is 22.9 Å². The average Bonchev–Trinajstić information content (AvgIpc) is 3.14. The lowest BCUT2D eigenvalue weighted by atomic mass is 10.2. The normalized spacial score (nSPS) is 11.0. The molecule has 0 fully saturated rings. The molecular formula is C19H16FN3O5S2. The van der Waals surface area contributed by atoms with Crippen molar-refractivity contribution < 1.29 is 27.1 Å². The highest BCUT2D eigenvalue weighted by Crippen LogP contribution is 2.25. The summed E-state index contributed by atoms with van der Waals surface area (Å²) in [6.07, 6.45) is 0.989. The molecule has 0 aliphatic heterocycles. The number of sulfonamides is 1. The quantitative estimate of drug-likeness (QED) is 0.536. The van der Waals surface area contributed by atoms with Gasteiger partial charge in [-0.25, -0.2) is 22.6 Å². The van der Waals surface area contributed by atoms with Crippen LogP contribution in [0.3, 0.4) is 0 Å². The van der Waals surface area contributed by atoms with Crippen molar-refractivity contribution >= 4 is 44.1 Å². The van der Waals surface area contributed by atoms with Gasteiger partial charge in [-0.3, -0.25) is 14.8 Å². The van der Waals surface area contributed by atoms with Crippen LogP contribution in [-0.2, 0) is 19.6 Å². The summed E-state index contributed by atoms with van der Waals surface area (Å²) in [7, 11) is -3.49. The molecule has 11 heteroatoms. The first kappa shape index (κ1) is 21.4.